The minimum Gasteiger partial charge on any atom is -0.444 e. The molecule has 0 saturated carbocycles. The SMILES string of the molecule is CC(=O)c1cc2c(nc(CN3CC=C(c4cccc5c4O[C@](C)(c4ccc(Cl)cc4F)O5)CC3)n2C[C@@H]2CCO2)s1. The minimum absolute atomic E-state index is 0.0649. The molecule has 0 N–H and O–H groups in total. The molecule has 0 bridgehead atoms. The Bertz CT molecular complexity index is 1710. The fourth-order valence-electron chi connectivity index (χ4n) is 5.74. The Labute approximate surface area is 246 Å². The molecule has 7 rings (SSSR count). The van der Waals surface area contributed by atoms with Crippen molar-refractivity contribution in [1.29, 1.82) is 0 Å². The van der Waals surface area contributed by atoms with Gasteiger partial charge in [-0.1, -0.05) is 29.8 Å². The molecule has 5 heterocycles. The predicted octanol–water partition coefficient (Wildman–Crippen LogP) is 6.82. The lowest BCUT2D eigenvalue weighted by Crippen LogP contribution is -2.33. The van der Waals surface area contributed by atoms with Crippen LogP contribution >= 0.6 is 22.9 Å². The van der Waals surface area contributed by atoms with Gasteiger partial charge in [0, 0.05) is 37.2 Å². The van der Waals surface area contributed by atoms with Crippen molar-refractivity contribution in [3.05, 3.63) is 81.2 Å². The van der Waals surface area contributed by atoms with Crippen molar-refractivity contribution in [2.75, 3.05) is 19.7 Å². The van der Waals surface area contributed by atoms with Gasteiger partial charge in [-0.2, -0.15) is 0 Å². The first kappa shape index (κ1) is 26.6. The van der Waals surface area contributed by atoms with E-state index in [1.807, 2.05) is 24.3 Å². The fourth-order valence-corrected chi connectivity index (χ4v) is 6.84. The number of fused-ring (bicyclic) bond motifs is 2. The van der Waals surface area contributed by atoms with Crippen molar-refractivity contribution in [2.45, 2.75) is 51.7 Å². The van der Waals surface area contributed by atoms with E-state index in [-0.39, 0.29) is 11.9 Å². The van der Waals surface area contributed by atoms with E-state index in [0.29, 0.717) is 28.6 Å². The highest BCUT2D eigenvalue weighted by atomic mass is 35.5. The molecule has 3 aliphatic rings. The van der Waals surface area contributed by atoms with E-state index in [2.05, 4.69) is 15.5 Å². The molecule has 2 aromatic carbocycles. The number of thiophene rings is 1. The number of carbonyl (C=O) groups is 1. The van der Waals surface area contributed by atoms with Crippen molar-refractivity contribution in [3.63, 3.8) is 0 Å². The smallest absolute Gasteiger partial charge is 0.278 e. The number of nitrogens with zero attached hydrogens (tertiary/aromatic N) is 3. The van der Waals surface area contributed by atoms with Crippen LogP contribution in [0.3, 0.4) is 0 Å². The number of halogens is 2. The second-order valence-corrected chi connectivity index (χ2v) is 12.4. The summed E-state index contributed by atoms with van der Waals surface area (Å²) in [6, 6.07) is 12.3. The van der Waals surface area contributed by atoms with Crippen molar-refractivity contribution < 1.29 is 23.4 Å². The Morgan fingerprint density at radius 3 is 2.80 bits per heavy atom. The number of para-hydroxylation sites is 1. The Hall–Kier alpha value is -3.24. The zero-order valence-electron chi connectivity index (χ0n) is 22.8. The average molecular weight is 594 g/mol. The maximum absolute atomic E-state index is 14.8. The maximum Gasteiger partial charge on any atom is 0.278 e. The molecule has 41 heavy (non-hydrogen) atoms. The van der Waals surface area contributed by atoms with Crippen LogP contribution in [-0.2, 0) is 23.6 Å². The summed E-state index contributed by atoms with van der Waals surface area (Å²) in [5, 5.41) is 0.322. The fraction of sp³-hybridized carbons (Fsp3) is 0.355. The molecule has 1 saturated heterocycles. The van der Waals surface area contributed by atoms with Gasteiger partial charge in [0.25, 0.3) is 5.79 Å². The molecular weight excluding hydrogens is 565 g/mol. The summed E-state index contributed by atoms with van der Waals surface area (Å²) in [5.41, 5.74) is 3.43. The van der Waals surface area contributed by atoms with Crippen LogP contribution in [0.15, 0.2) is 48.5 Å². The molecule has 7 nitrogen and oxygen atoms in total. The molecular formula is C31H29ClFN3O4S. The first-order chi connectivity index (χ1) is 19.8. The van der Waals surface area contributed by atoms with Gasteiger partial charge in [-0.15, -0.1) is 11.3 Å². The van der Waals surface area contributed by atoms with Gasteiger partial charge in [0.05, 0.1) is 35.2 Å². The Balaban J connectivity index is 1.11. The monoisotopic (exact) mass is 593 g/mol. The third-order valence-electron chi connectivity index (χ3n) is 8.06. The molecule has 10 heteroatoms. The van der Waals surface area contributed by atoms with Gasteiger partial charge < -0.3 is 18.8 Å². The Morgan fingerprint density at radius 1 is 1.24 bits per heavy atom. The van der Waals surface area contributed by atoms with Crippen LogP contribution in [0.1, 0.15) is 53.3 Å². The van der Waals surface area contributed by atoms with Crippen LogP contribution in [0.2, 0.25) is 5.02 Å². The number of hydrogen-bond donors (Lipinski definition) is 0. The number of Topliss-reactive ketones (excluding diaryl/α,β-unsaturated/α-hetero) is 1. The number of carbonyl (C=O) groups excluding carboxylic acids is 1. The molecule has 212 valence electrons. The van der Waals surface area contributed by atoms with Gasteiger partial charge in [0.15, 0.2) is 17.3 Å². The van der Waals surface area contributed by atoms with Crippen LogP contribution in [0, 0.1) is 5.82 Å². The first-order valence-electron chi connectivity index (χ1n) is 13.8. The molecule has 4 aromatic rings. The molecule has 2 aromatic heterocycles. The summed E-state index contributed by atoms with van der Waals surface area (Å²) < 4.78 is 35.2. The zero-order chi connectivity index (χ0) is 28.3. The van der Waals surface area contributed by atoms with E-state index in [4.69, 9.17) is 30.8 Å². The van der Waals surface area contributed by atoms with Crippen LogP contribution in [0.25, 0.3) is 15.9 Å². The molecule has 3 aliphatic heterocycles. The van der Waals surface area contributed by atoms with E-state index in [0.717, 1.165) is 65.7 Å². The van der Waals surface area contributed by atoms with E-state index in [1.165, 1.54) is 23.0 Å². The molecule has 0 amide bonds. The number of imidazole rings is 1. The molecule has 2 atom stereocenters. The summed E-state index contributed by atoms with van der Waals surface area (Å²) >= 11 is 7.42. The summed E-state index contributed by atoms with van der Waals surface area (Å²) in [7, 11) is 0. The highest BCUT2D eigenvalue weighted by Gasteiger charge is 2.42. The molecule has 0 radical (unpaired) electrons. The lowest BCUT2D eigenvalue weighted by molar-refractivity contribution is -0.0708. The maximum atomic E-state index is 14.8. The van der Waals surface area contributed by atoms with Crippen molar-refractivity contribution in [2.24, 2.45) is 0 Å². The molecule has 1 fully saturated rings. The lowest BCUT2D eigenvalue weighted by atomic mass is 9.98. The summed E-state index contributed by atoms with van der Waals surface area (Å²) in [5.74, 6) is 0.517. The lowest BCUT2D eigenvalue weighted by Gasteiger charge is -2.29. The standard InChI is InChI=1S/C31H29ClFN3O4S/c1-18(37)27-15-25-30(41-27)34-28(36(25)16-21-10-13-38-21)17-35-11-8-19(9-12-35)22-4-3-5-26-29(22)40-31(2,39-26)23-7-6-20(32)14-24(23)33/h3-8,14-15,21H,9-13,16-17H2,1-2H3/t21-,31+/m0/s1. The van der Waals surface area contributed by atoms with Crippen LogP contribution < -0.4 is 9.47 Å². The van der Waals surface area contributed by atoms with Crippen LogP contribution in [-0.4, -0.2) is 46.0 Å². The van der Waals surface area contributed by atoms with Crippen molar-refractivity contribution in [1.82, 2.24) is 14.5 Å². The quantitative estimate of drug-likeness (QED) is 0.219. The predicted molar refractivity (Wildman–Crippen MR) is 156 cm³/mol. The average Bonchev–Trinajstić information content (AvgIpc) is 3.57. The highest BCUT2D eigenvalue weighted by molar-refractivity contribution is 7.20. The molecule has 0 aliphatic carbocycles. The van der Waals surface area contributed by atoms with Crippen LogP contribution in [0.5, 0.6) is 11.5 Å². The Morgan fingerprint density at radius 2 is 2.10 bits per heavy atom. The number of hydrogen-bond acceptors (Lipinski definition) is 7. The van der Waals surface area contributed by atoms with Gasteiger partial charge in [-0.3, -0.25) is 9.69 Å². The topological polar surface area (TPSA) is 65.8 Å². The van der Waals surface area contributed by atoms with Gasteiger partial charge in [-0.05, 0) is 55.7 Å². The van der Waals surface area contributed by atoms with E-state index in [9.17, 15) is 9.18 Å². The third kappa shape index (κ3) is 4.84. The first-order valence-corrected chi connectivity index (χ1v) is 15.0. The summed E-state index contributed by atoms with van der Waals surface area (Å²) in [4.78, 5) is 20.9. The number of ether oxygens (including phenoxy) is 3. The summed E-state index contributed by atoms with van der Waals surface area (Å²) in [6.45, 7) is 7.16. The number of rotatable bonds is 7. The minimum atomic E-state index is -1.29. The normalized spacial score (nSPS) is 22.1. The Kier molecular flexibility index (Phi) is 6.65. The van der Waals surface area contributed by atoms with Crippen molar-refractivity contribution >= 4 is 44.6 Å². The van der Waals surface area contributed by atoms with E-state index < -0.39 is 11.6 Å². The number of benzene rings is 2. The largest absolute Gasteiger partial charge is 0.444 e. The molecule has 0 spiro atoms. The number of ketones is 1. The highest BCUT2D eigenvalue weighted by Crippen LogP contribution is 2.49. The summed E-state index contributed by atoms with van der Waals surface area (Å²) in [6.07, 6.45) is 4.27. The van der Waals surface area contributed by atoms with E-state index in [1.54, 1.807) is 26.0 Å². The molecule has 0 unspecified atom stereocenters. The second-order valence-electron chi connectivity index (χ2n) is 10.9. The van der Waals surface area contributed by atoms with Gasteiger partial charge in [0.1, 0.15) is 16.5 Å². The zero-order valence-corrected chi connectivity index (χ0v) is 24.4. The van der Waals surface area contributed by atoms with Gasteiger partial charge >= 0.3 is 0 Å². The van der Waals surface area contributed by atoms with Gasteiger partial charge in [0.2, 0.25) is 0 Å². The third-order valence-corrected chi connectivity index (χ3v) is 9.41. The van der Waals surface area contributed by atoms with Gasteiger partial charge in [-0.25, -0.2) is 9.37 Å². The van der Waals surface area contributed by atoms with Crippen LogP contribution in [0.4, 0.5) is 4.39 Å². The van der Waals surface area contributed by atoms with E-state index >= 15 is 0 Å². The second kappa shape index (κ2) is 10.2. The van der Waals surface area contributed by atoms with Crippen molar-refractivity contribution in [3.8, 4) is 11.5 Å². The number of aromatic nitrogens is 2.